The van der Waals surface area contributed by atoms with Crippen molar-refractivity contribution in [2.75, 3.05) is 20.1 Å². The molecule has 0 saturated carbocycles. The van der Waals surface area contributed by atoms with Crippen LogP contribution in [0.4, 0.5) is 0 Å². The number of imidazole rings is 1. The van der Waals surface area contributed by atoms with Crippen LogP contribution in [0.2, 0.25) is 5.02 Å². The minimum atomic E-state index is -0.238. The minimum absolute atomic E-state index is 0. The highest BCUT2D eigenvalue weighted by molar-refractivity contribution is 14.0. The van der Waals surface area contributed by atoms with Gasteiger partial charge >= 0.3 is 0 Å². The number of carbonyl (C=O) groups is 1. The number of hydrogen-bond donors (Lipinski definition) is 2. The van der Waals surface area contributed by atoms with E-state index in [9.17, 15) is 4.79 Å². The molecule has 7 nitrogen and oxygen atoms in total. The molecule has 9 heteroatoms. The fraction of sp³-hybridized carbons (Fsp3) is 0.471. The van der Waals surface area contributed by atoms with Crippen LogP contribution in [0.5, 0.6) is 0 Å². The van der Waals surface area contributed by atoms with Crippen molar-refractivity contribution in [3.8, 4) is 0 Å². The summed E-state index contributed by atoms with van der Waals surface area (Å²) in [6.07, 6.45) is 6.28. The number of guanidine groups is 1. The number of amides is 1. The van der Waals surface area contributed by atoms with Crippen LogP contribution in [0, 0.1) is 5.92 Å². The Hall–Kier alpha value is -1.55. The number of rotatable bonds is 4. The first-order chi connectivity index (χ1) is 12.0. The zero-order valence-corrected chi connectivity index (χ0v) is 17.8. The predicted octanol–water partition coefficient (Wildman–Crippen LogP) is 2.27. The summed E-state index contributed by atoms with van der Waals surface area (Å²) in [7, 11) is 1.77. The van der Waals surface area contributed by atoms with Crippen molar-refractivity contribution in [2.24, 2.45) is 16.6 Å². The van der Waals surface area contributed by atoms with E-state index in [1.165, 1.54) is 0 Å². The van der Waals surface area contributed by atoms with E-state index in [2.05, 4.69) is 20.2 Å². The highest BCUT2D eigenvalue weighted by atomic mass is 127. The Balaban J connectivity index is 0.00000243. The third-order valence-electron chi connectivity index (χ3n) is 4.41. The van der Waals surface area contributed by atoms with E-state index in [0.717, 1.165) is 43.2 Å². The topological polar surface area (TPSA) is 88.0 Å². The molecular formula is C17H24ClIN6O. The molecule has 26 heavy (non-hydrogen) atoms. The number of likely N-dealkylation sites (tertiary alicyclic amines) is 1. The number of hydrogen-bond acceptors (Lipinski definition) is 3. The molecule has 1 saturated heterocycles. The number of fused-ring (bicyclic) bond motifs is 1. The molecule has 0 spiro atoms. The lowest BCUT2D eigenvalue weighted by Gasteiger charge is -2.34. The van der Waals surface area contributed by atoms with Gasteiger partial charge in [-0.15, -0.1) is 24.0 Å². The molecule has 1 fully saturated rings. The zero-order valence-electron chi connectivity index (χ0n) is 14.7. The number of nitrogens with zero attached hydrogens (tertiary/aromatic N) is 4. The highest BCUT2D eigenvalue weighted by Gasteiger charge is 2.23. The van der Waals surface area contributed by atoms with Crippen molar-refractivity contribution in [2.45, 2.75) is 25.8 Å². The molecule has 0 aromatic carbocycles. The van der Waals surface area contributed by atoms with Gasteiger partial charge < -0.3 is 20.4 Å². The summed E-state index contributed by atoms with van der Waals surface area (Å²) in [4.78, 5) is 22.3. The largest absolute Gasteiger partial charge is 0.370 e. The smallest absolute Gasteiger partial charge is 0.217 e. The Morgan fingerprint density at radius 1 is 1.46 bits per heavy atom. The van der Waals surface area contributed by atoms with Crippen molar-refractivity contribution in [1.29, 1.82) is 0 Å². The molecule has 142 valence electrons. The maximum atomic E-state index is 11.2. The van der Waals surface area contributed by atoms with Crippen molar-refractivity contribution < 1.29 is 4.79 Å². The Kier molecular flexibility index (Phi) is 7.51. The van der Waals surface area contributed by atoms with E-state index in [1.807, 2.05) is 28.9 Å². The van der Waals surface area contributed by atoms with Crippen LogP contribution in [0.15, 0.2) is 29.5 Å². The van der Waals surface area contributed by atoms with Gasteiger partial charge in [-0.05, 0) is 30.9 Å². The lowest BCUT2D eigenvalue weighted by atomic mass is 9.95. The van der Waals surface area contributed by atoms with Crippen LogP contribution in [0.1, 0.15) is 25.0 Å². The van der Waals surface area contributed by atoms with Crippen molar-refractivity contribution >= 4 is 53.1 Å². The Morgan fingerprint density at radius 2 is 2.27 bits per heavy atom. The van der Waals surface area contributed by atoms with Crippen LogP contribution in [-0.4, -0.2) is 46.3 Å². The summed E-state index contributed by atoms with van der Waals surface area (Å²) >= 11 is 6.01. The van der Waals surface area contributed by atoms with Crippen molar-refractivity contribution in [1.82, 2.24) is 19.6 Å². The first-order valence-corrected chi connectivity index (χ1v) is 8.80. The maximum absolute atomic E-state index is 11.2. The molecule has 0 radical (unpaired) electrons. The molecule has 0 aliphatic carbocycles. The van der Waals surface area contributed by atoms with Crippen LogP contribution >= 0.6 is 35.6 Å². The van der Waals surface area contributed by atoms with Crippen LogP contribution in [0.3, 0.4) is 0 Å². The van der Waals surface area contributed by atoms with Gasteiger partial charge in [0.2, 0.25) is 5.91 Å². The summed E-state index contributed by atoms with van der Waals surface area (Å²) in [6, 6.07) is 3.71. The van der Waals surface area contributed by atoms with Crippen LogP contribution in [-0.2, 0) is 11.3 Å². The predicted molar refractivity (Wildman–Crippen MR) is 114 cm³/mol. The molecule has 1 aliphatic rings. The molecule has 1 atom stereocenters. The number of aliphatic imine (C=N–C) groups is 1. The second kappa shape index (κ2) is 9.40. The fourth-order valence-corrected chi connectivity index (χ4v) is 3.48. The van der Waals surface area contributed by atoms with E-state index in [0.29, 0.717) is 23.9 Å². The Morgan fingerprint density at radius 3 is 3.00 bits per heavy atom. The van der Waals surface area contributed by atoms with E-state index in [-0.39, 0.29) is 29.9 Å². The molecule has 0 bridgehead atoms. The zero-order chi connectivity index (χ0) is 17.8. The third-order valence-corrected chi connectivity index (χ3v) is 4.64. The molecule has 1 unspecified atom stereocenters. The second-order valence-corrected chi connectivity index (χ2v) is 6.81. The first kappa shape index (κ1) is 20.8. The van der Waals surface area contributed by atoms with Gasteiger partial charge in [-0.1, -0.05) is 11.6 Å². The number of carbonyl (C=O) groups excluding carboxylic acids is 1. The number of nitrogens with two attached hydrogens (primary N) is 1. The van der Waals surface area contributed by atoms with Gasteiger partial charge in [0.25, 0.3) is 0 Å². The quantitative estimate of drug-likeness (QED) is 0.391. The number of nitrogens with one attached hydrogen (secondary N) is 1. The normalized spacial score (nSPS) is 17.8. The number of primary amides is 1. The maximum Gasteiger partial charge on any atom is 0.217 e. The summed E-state index contributed by atoms with van der Waals surface area (Å²) in [5.74, 6) is 0.879. The molecule has 3 rings (SSSR count). The molecule has 1 amide bonds. The fourth-order valence-electron chi connectivity index (χ4n) is 3.31. The second-order valence-electron chi connectivity index (χ2n) is 6.37. The van der Waals surface area contributed by atoms with Crippen molar-refractivity contribution in [3.05, 3.63) is 35.2 Å². The number of pyridine rings is 1. The van der Waals surface area contributed by atoms with Crippen molar-refractivity contribution in [3.63, 3.8) is 0 Å². The average molecular weight is 491 g/mol. The first-order valence-electron chi connectivity index (χ1n) is 8.42. The van der Waals surface area contributed by atoms with Gasteiger partial charge in [0.05, 0.1) is 17.3 Å². The van der Waals surface area contributed by atoms with Gasteiger partial charge in [-0.25, -0.2) is 4.98 Å². The average Bonchev–Trinajstić information content (AvgIpc) is 2.97. The molecule has 3 N–H and O–H groups in total. The summed E-state index contributed by atoms with van der Waals surface area (Å²) in [6.45, 7) is 2.29. The summed E-state index contributed by atoms with van der Waals surface area (Å²) < 4.78 is 1.91. The summed E-state index contributed by atoms with van der Waals surface area (Å²) in [5.41, 5.74) is 7.10. The Labute approximate surface area is 175 Å². The molecule has 2 aromatic heterocycles. The lowest BCUT2D eigenvalue weighted by Crippen LogP contribution is -2.46. The molecule has 1 aliphatic heterocycles. The number of halogens is 2. The SMILES string of the molecule is CN=C(NCc1cn2cc(Cl)ccc2n1)N1CCCC(CC(N)=O)C1.I. The molecule has 2 aromatic rings. The number of aromatic nitrogens is 2. The lowest BCUT2D eigenvalue weighted by molar-refractivity contribution is -0.119. The van der Waals surface area contributed by atoms with E-state index in [4.69, 9.17) is 17.3 Å². The van der Waals surface area contributed by atoms with E-state index in [1.54, 1.807) is 7.05 Å². The van der Waals surface area contributed by atoms with E-state index < -0.39 is 0 Å². The van der Waals surface area contributed by atoms with Gasteiger partial charge in [-0.2, -0.15) is 0 Å². The van der Waals surface area contributed by atoms with Crippen LogP contribution in [0.25, 0.3) is 5.65 Å². The van der Waals surface area contributed by atoms with Gasteiger partial charge in [-0.3, -0.25) is 9.79 Å². The van der Waals surface area contributed by atoms with Gasteiger partial charge in [0.1, 0.15) is 5.65 Å². The molecular weight excluding hydrogens is 467 g/mol. The highest BCUT2D eigenvalue weighted by Crippen LogP contribution is 2.19. The van der Waals surface area contributed by atoms with Crippen LogP contribution < -0.4 is 11.1 Å². The van der Waals surface area contributed by atoms with Gasteiger partial charge in [0, 0.05) is 39.0 Å². The summed E-state index contributed by atoms with van der Waals surface area (Å²) in [5, 5.41) is 4.03. The monoisotopic (exact) mass is 490 g/mol. The van der Waals surface area contributed by atoms with Gasteiger partial charge in [0.15, 0.2) is 5.96 Å². The third kappa shape index (κ3) is 5.23. The van der Waals surface area contributed by atoms with E-state index >= 15 is 0 Å². The molecule has 3 heterocycles. The Bertz CT molecular complexity index is 793. The number of piperidine rings is 1. The minimum Gasteiger partial charge on any atom is -0.370 e. The standard InChI is InChI=1S/C17H23ClN6O.HI/c1-20-17(23-6-2-3-12(9-23)7-15(19)25)21-8-14-11-24-10-13(18)4-5-16(24)22-14;/h4-5,10-12H,2-3,6-9H2,1H3,(H2,19,25)(H,20,21);1H.